The van der Waals surface area contributed by atoms with Crippen molar-refractivity contribution in [2.75, 3.05) is 27.2 Å². The summed E-state index contributed by atoms with van der Waals surface area (Å²) in [5, 5.41) is 0. The molecule has 4 heteroatoms. The third kappa shape index (κ3) is 4.26. The van der Waals surface area contributed by atoms with E-state index in [1.807, 2.05) is 0 Å². The summed E-state index contributed by atoms with van der Waals surface area (Å²) in [5.41, 5.74) is 5.69. The fourth-order valence-electron chi connectivity index (χ4n) is 1.38. The Morgan fingerprint density at radius 3 is 2.50 bits per heavy atom. The fourth-order valence-corrected chi connectivity index (χ4v) is 1.38. The lowest BCUT2D eigenvalue weighted by Crippen LogP contribution is -2.39. The van der Waals surface area contributed by atoms with Crippen LogP contribution in [-0.4, -0.2) is 44.3 Å². The van der Waals surface area contributed by atoms with Crippen LogP contribution in [0, 0.1) is 0 Å². The molecule has 0 aromatic heterocycles. The summed E-state index contributed by atoms with van der Waals surface area (Å²) in [5.74, 6) is 0. The van der Waals surface area contributed by atoms with Gasteiger partial charge >= 0.3 is 0 Å². The molecule has 0 aromatic carbocycles. The molecule has 1 fully saturated rings. The van der Waals surface area contributed by atoms with Crippen molar-refractivity contribution in [1.29, 1.82) is 0 Å². The highest BCUT2D eigenvalue weighted by atomic mass is 35.5. The van der Waals surface area contributed by atoms with Crippen LogP contribution in [0.3, 0.4) is 0 Å². The lowest BCUT2D eigenvalue weighted by Gasteiger charge is -2.28. The molecule has 2 atom stereocenters. The quantitative estimate of drug-likeness (QED) is 0.695. The van der Waals surface area contributed by atoms with E-state index in [1.165, 1.54) is 0 Å². The Hall–Kier alpha value is 0.170. The number of nitrogens with zero attached hydrogens (tertiary/aromatic N) is 1. The minimum Gasteiger partial charge on any atom is -0.375 e. The van der Waals surface area contributed by atoms with Gasteiger partial charge in [0, 0.05) is 12.6 Å². The Morgan fingerprint density at radius 1 is 1.42 bits per heavy atom. The first-order valence-electron chi connectivity index (χ1n) is 4.20. The molecule has 1 rings (SSSR count). The van der Waals surface area contributed by atoms with E-state index in [2.05, 4.69) is 19.0 Å². The molecule has 0 aromatic rings. The zero-order chi connectivity index (χ0) is 8.27. The summed E-state index contributed by atoms with van der Waals surface area (Å²) in [6, 6.07) is 0.272. The molecule has 3 nitrogen and oxygen atoms in total. The van der Waals surface area contributed by atoms with Gasteiger partial charge in [-0.1, -0.05) is 0 Å². The summed E-state index contributed by atoms with van der Waals surface area (Å²) >= 11 is 0. The van der Waals surface area contributed by atoms with Crippen LogP contribution in [0.15, 0.2) is 0 Å². The second kappa shape index (κ2) is 5.75. The van der Waals surface area contributed by atoms with E-state index < -0.39 is 0 Å². The van der Waals surface area contributed by atoms with Crippen LogP contribution in [-0.2, 0) is 4.74 Å². The third-order valence-electron chi connectivity index (χ3n) is 1.97. The second-order valence-electron chi connectivity index (χ2n) is 3.56. The minimum atomic E-state index is 0. The maximum absolute atomic E-state index is 5.69. The molecular weight excluding hydrogens is 176 g/mol. The van der Waals surface area contributed by atoms with Gasteiger partial charge in [0.25, 0.3) is 0 Å². The van der Waals surface area contributed by atoms with Gasteiger partial charge in [-0.15, -0.1) is 12.4 Å². The van der Waals surface area contributed by atoms with Crippen molar-refractivity contribution in [2.24, 2.45) is 5.73 Å². The van der Waals surface area contributed by atoms with Gasteiger partial charge in [0.05, 0.1) is 12.7 Å². The summed E-state index contributed by atoms with van der Waals surface area (Å²) in [7, 11) is 4.13. The van der Waals surface area contributed by atoms with E-state index in [4.69, 9.17) is 10.5 Å². The maximum Gasteiger partial charge on any atom is 0.0703 e. The molecule has 74 valence electrons. The van der Waals surface area contributed by atoms with Crippen molar-refractivity contribution < 1.29 is 4.74 Å². The van der Waals surface area contributed by atoms with Crippen LogP contribution in [0.1, 0.15) is 12.8 Å². The van der Waals surface area contributed by atoms with Gasteiger partial charge in [-0.2, -0.15) is 0 Å². The van der Waals surface area contributed by atoms with Gasteiger partial charge in [-0.3, -0.25) is 0 Å². The van der Waals surface area contributed by atoms with Gasteiger partial charge in [-0.25, -0.2) is 0 Å². The second-order valence-corrected chi connectivity index (χ2v) is 3.56. The predicted octanol–water partition coefficient (Wildman–Crippen LogP) is 0.476. The molecule has 0 spiro atoms. The maximum atomic E-state index is 5.69. The molecule has 0 bridgehead atoms. The fraction of sp³-hybridized carbons (Fsp3) is 1.00. The van der Waals surface area contributed by atoms with E-state index in [0.29, 0.717) is 6.10 Å². The van der Waals surface area contributed by atoms with Crippen molar-refractivity contribution in [2.45, 2.75) is 25.0 Å². The molecule has 12 heavy (non-hydrogen) atoms. The minimum absolute atomic E-state index is 0. The highest BCUT2D eigenvalue weighted by Gasteiger charge is 2.18. The van der Waals surface area contributed by atoms with Crippen LogP contribution >= 0.6 is 12.4 Å². The van der Waals surface area contributed by atoms with Gasteiger partial charge in [0.1, 0.15) is 0 Å². The van der Waals surface area contributed by atoms with Crippen molar-refractivity contribution in [3.05, 3.63) is 0 Å². The Kier molecular flexibility index (Phi) is 5.84. The number of halogens is 1. The van der Waals surface area contributed by atoms with E-state index in [9.17, 15) is 0 Å². The molecule has 1 aliphatic rings. The normalized spacial score (nSPS) is 30.0. The molecule has 0 unspecified atom stereocenters. The predicted molar refractivity (Wildman–Crippen MR) is 52.8 cm³/mol. The zero-order valence-electron chi connectivity index (χ0n) is 7.82. The van der Waals surface area contributed by atoms with Gasteiger partial charge in [0.2, 0.25) is 0 Å². The SMILES string of the molecule is CN(C)C[C@@H]1CC[C@@H](N)CO1.Cl. The van der Waals surface area contributed by atoms with Crippen molar-refractivity contribution in [1.82, 2.24) is 4.90 Å². The van der Waals surface area contributed by atoms with Crippen molar-refractivity contribution >= 4 is 12.4 Å². The van der Waals surface area contributed by atoms with E-state index >= 15 is 0 Å². The van der Waals surface area contributed by atoms with Crippen LogP contribution in [0.5, 0.6) is 0 Å². The van der Waals surface area contributed by atoms with Gasteiger partial charge < -0.3 is 15.4 Å². The molecular formula is C8H19ClN2O. The Bertz CT molecular complexity index is 114. The van der Waals surface area contributed by atoms with Gasteiger partial charge in [0.15, 0.2) is 0 Å². The number of likely N-dealkylation sites (N-methyl/N-ethyl adjacent to an activating group) is 1. The van der Waals surface area contributed by atoms with Crippen LogP contribution in [0.2, 0.25) is 0 Å². The van der Waals surface area contributed by atoms with E-state index in [0.717, 1.165) is 26.0 Å². The average Bonchev–Trinajstić information content (AvgIpc) is 1.93. The molecule has 0 saturated carbocycles. The van der Waals surface area contributed by atoms with Crippen LogP contribution in [0.4, 0.5) is 0 Å². The molecule has 0 amide bonds. The van der Waals surface area contributed by atoms with E-state index in [-0.39, 0.29) is 18.4 Å². The van der Waals surface area contributed by atoms with Crippen molar-refractivity contribution in [3.8, 4) is 0 Å². The van der Waals surface area contributed by atoms with Crippen molar-refractivity contribution in [3.63, 3.8) is 0 Å². The first-order chi connectivity index (χ1) is 5.18. The molecule has 2 N–H and O–H groups in total. The third-order valence-corrected chi connectivity index (χ3v) is 1.97. The molecule has 1 aliphatic heterocycles. The number of rotatable bonds is 2. The van der Waals surface area contributed by atoms with Crippen LogP contribution in [0.25, 0.3) is 0 Å². The standard InChI is InChI=1S/C8H18N2O.ClH/c1-10(2)5-8-4-3-7(9)6-11-8;/h7-8H,3-6,9H2,1-2H3;1H/t7-,8+;/m1./s1. The Labute approximate surface area is 80.7 Å². The summed E-state index contributed by atoms with van der Waals surface area (Å²) in [6.07, 6.45) is 2.63. The zero-order valence-corrected chi connectivity index (χ0v) is 8.64. The summed E-state index contributed by atoms with van der Waals surface area (Å²) in [4.78, 5) is 2.15. The van der Waals surface area contributed by atoms with Crippen LogP contribution < -0.4 is 5.73 Å². The number of hydrogen-bond acceptors (Lipinski definition) is 3. The number of hydrogen-bond donors (Lipinski definition) is 1. The first-order valence-corrected chi connectivity index (χ1v) is 4.20. The highest BCUT2D eigenvalue weighted by Crippen LogP contribution is 2.12. The van der Waals surface area contributed by atoms with Gasteiger partial charge in [-0.05, 0) is 26.9 Å². The monoisotopic (exact) mass is 194 g/mol. The number of nitrogens with two attached hydrogens (primary N) is 1. The molecule has 1 heterocycles. The number of ether oxygens (including phenoxy) is 1. The highest BCUT2D eigenvalue weighted by molar-refractivity contribution is 5.85. The lowest BCUT2D eigenvalue weighted by molar-refractivity contribution is -0.00735. The summed E-state index contributed by atoms with van der Waals surface area (Å²) in [6.45, 7) is 1.76. The molecule has 0 aliphatic carbocycles. The first kappa shape index (κ1) is 12.2. The molecule has 1 saturated heterocycles. The Morgan fingerprint density at radius 2 is 2.08 bits per heavy atom. The lowest BCUT2D eigenvalue weighted by atomic mass is 10.1. The summed E-state index contributed by atoms with van der Waals surface area (Å²) < 4.78 is 5.53. The topological polar surface area (TPSA) is 38.5 Å². The van der Waals surface area contributed by atoms with E-state index in [1.54, 1.807) is 0 Å². The molecule has 0 radical (unpaired) electrons. The Balaban J connectivity index is 0.00000121. The smallest absolute Gasteiger partial charge is 0.0703 e. The average molecular weight is 195 g/mol. The largest absolute Gasteiger partial charge is 0.375 e.